The topological polar surface area (TPSA) is 86.2 Å². The number of fused-ring (bicyclic) bond motifs is 5. The van der Waals surface area contributed by atoms with Crippen molar-refractivity contribution >= 4 is 11.9 Å². The average Bonchev–Trinajstić information content (AvgIpc) is 3.37. The molecule has 7 heteroatoms. The quantitative estimate of drug-likeness (QED) is 0.411. The minimum atomic E-state index is -0.153. The minimum absolute atomic E-state index is 0.153. The standard InChI is InChI=1S/C20H28N4O3/c1-2-21-20(24-11-15-16(12-24)18-8-7-17(15)27-18)23-10-9-22-19(26)13-3-5-14(25)6-4-13/h3-6,15-18,25H,2,7-12H2,1H3,(H,21,23)(H,22,26). The zero-order chi connectivity index (χ0) is 18.8. The first-order chi connectivity index (χ1) is 13.2. The van der Waals surface area contributed by atoms with E-state index in [2.05, 4.69) is 22.5 Å². The molecule has 3 heterocycles. The lowest BCUT2D eigenvalue weighted by atomic mass is 9.82. The van der Waals surface area contributed by atoms with E-state index in [1.165, 1.54) is 25.0 Å². The molecule has 146 valence electrons. The first-order valence-corrected chi connectivity index (χ1v) is 9.91. The number of phenolic OH excluding ortho intramolecular Hbond substituents is 1. The number of hydrogen-bond donors (Lipinski definition) is 3. The molecule has 2 bridgehead atoms. The molecule has 0 aromatic heterocycles. The Morgan fingerprint density at radius 1 is 1.19 bits per heavy atom. The average molecular weight is 372 g/mol. The molecule has 1 amide bonds. The van der Waals surface area contributed by atoms with E-state index in [0.29, 0.717) is 42.7 Å². The van der Waals surface area contributed by atoms with Crippen LogP contribution in [-0.2, 0) is 4.74 Å². The normalized spacial score (nSPS) is 29.1. The van der Waals surface area contributed by atoms with E-state index < -0.39 is 0 Å². The molecule has 0 radical (unpaired) electrons. The second-order valence-corrected chi connectivity index (χ2v) is 7.56. The number of phenols is 1. The first-order valence-electron chi connectivity index (χ1n) is 9.91. The van der Waals surface area contributed by atoms with Gasteiger partial charge in [0.1, 0.15) is 5.75 Å². The third-order valence-corrected chi connectivity index (χ3v) is 5.88. The first kappa shape index (κ1) is 18.1. The van der Waals surface area contributed by atoms with Crippen LogP contribution < -0.4 is 10.6 Å². The molecular weight excluding hydrogens is 344 g/mol. The highest BCUT2D eigenvalue weighted by atomic mass is 16.5. The van der Waals surface area contributed by atoms with Gasteiger partial charge in [0.05, 0.1) is 18.8 Å². The van der Waals surface area contributed by atoms with Gasteiger partial charge in [0.15, 0.2) is 5.96 Å². The molecule has 1 aromatic carbocycles. The van der Waals surface area contributed by atoms with Crippen LogP contribution in [0.5, 0.6) is 5.75 Å². The molecule has 3 aliphatic heterocycles. The molecule has 4 atom stereocenters. The van der Waals surface area contributed by atoms with E-state index in [0.717, 1.165) is 25.6 Å². The van der Waals surface area contributed by atoms with Gasteiger partial charge in [-0.25, -0.2) is 0 Å². The number of carbonyl (C=O) groups excluding carboxylic acids is 1. The summed E-state index contributed by atoms with van der Waals surface area (Å²) in [7, 11) is 0. The minimum Gasteiger partial charge on any atom is -0.508 e. The van der Waals surface area contributed by atoms with Crippen LogP contribution in [0, 0.1) is 11.8 Å². The maximum atomic E-state index is 12.1. The Bertz CT molecular complexity index is 688. The van der Waals surface area contributed by atoms with E-state index in [-0.39, 0.29) is 11.7 Å². The summed E-state index contributed by atoms with van der Waals surface area (Å²) in [6.07, 6.45) is 3.29. The molecule has 4 unspecified atom stereocenters. The lowest BCUT2D eigenvalue weighted by Gasteiger charge is -2.23. The van der Waals surface area contributed by atoms with Crippen LogP contribution in [0.1, 0.15) is 30.1 Å². The van der Waals surface area contributed by atoms with Crippen LogP contribution >= 0.6 is 0 Å². The maximum Gasteiger partial charge on any atom is 0.251 e. The van der Waals surface area contributed by atoms with Crippen molar-refractivity contribution in [2.75, 3.05) is 32.7 Å². The second kappa shape index (κ2) is 7.76. The number of aromatic hydroxyl groups is 1. The highest BCUT2D eigenvalue weighted by Crippen LogP contribution is 2.47. The van der Waals surface area contributed by atoms with E-state index >= 15 is 0 Å². The molecule has 3 saturated heterocycles. The number of aliphatic imine (C=N–C) groups is 1. The van der Waals surface area contributed by atoms with Crippen LogP contribution in [0.3, 0.4) is 0 Å². The van der Waals surface area contributed by atoms with Gasteiger partial charge in [-0.2, -0.15) is 0 Å². The summed E-state index contributed by atoms with van der Waals surface area (Å²) in [5.41, 5.74) is 0.534. The largest absolute Gasteiger partial charge is 0.508 e. The molecule has 7 nitrogen and oxygen atoms in total. The number of nitrogens with one attached hydrogen (secondary N) is 2. The fraction of sp³-hybridized carbons (Fsp3) is 0.600. The Morgan fingerprint density at radius 2 is 1.85 bits per heavy atom. The van der Waals surface area contributed by atoms with Crippen LogP contribution in [0.4, 0.5) is 0 Å². The molecule has 27 heavy (non-hydrogen) atoms. The summed E-state index contributed by atoms with van der Waals surface area (Å²) < 4.78 is 6.05. The molecular formula is C20H28N4O3. The Morgan fingerprint density at radius 3 is 2.48 bits per heavy atom. The number of rotatable bonds is 5. The van der Waals surface area contributed by atoms with Crippen molar-refractivity contribution in [3.63, 3.8) is 0 Å². The Hall–Kier alpha value is -2.28. The van der Waals surface area contributed by atoms with Gasteiger partial charge in [-0.1, -0.05) is 0 Å². The highest BCUT2D eigenvalue weighted by Gasteiger charge is 2.53. The van der Waals surface area contributed by atoms with Crippen molar-refractivity contribution in [2.45, 2.75) is 32.0 Å². The number of likely N-dealkylation sites (tertiary alicyclic amines) is 1. The van der Waals surface area contributed by atoms with Crippen molar-refractivity contribution in [1.82, 2.24) is 15.5 Å². The lowest BCUT2D eigenvalue weighted by Crippen LogP contribution is -2.41. The fourth-order valence-corrected chi connectivity index (χ4v) is 4.60. The zero-order valence-corrected chi connectivity index (χ0v) is 15.7. The highest BCUT2D eigenvalue weighted by molar-refractivity contribution is 5.94. The van der Waals surface area contributed by atoms with Crippen LogP contribution in [0.25, 0.3) is 0 Å². The number of ether oxygens (including phenoxy) is 1. The molecule has 3 N–H and O–H groups in total. The number of amides is 1. The Balaban J connectivity index is 1.29. The molecule has 3 aliphatic rings. The van der Waals surface area contributed by atoms with Gasteiger partial charge in [-0.05, 0) is 44.0 Å². The van der Waals surface area contributed by atoms with Crippen LogP contribution in [0.2, 0.25) is 0 Å². The van der Waals surface area contributed by atoms with Crippen LogP contribution in [0.15, 0.2) is 29.3 Å². The predicted octanol–water partition coefficient (Wildman–Crippen LogP) is 1.20. The van der Waals surface area contributed by atoms with E-state index in [1.807, 2.05) is 0 Å². The third-order valence-electron chi connectivity index (χ3n) is 5.88. The number of nitrogens with zero attached hydrogens (tertiary/aromatic N) is 2. The van der Waals surface area contributed by atoms with Crippen molar-refractivity contribution in [1.29, 1.82) is 0 Å². The second-order valence-electron chi connectivity index (χ2n) is 7.56. The van der Waals surface area contributed by atoms with E-state index in [4.69, 9.17) is 9.73 Å². The summed E-state index contributed by atoms with van der Waals surface area (Å²) >= 11 is 0. The van der Waals surface area contributed by atoms with Gasteiger partial charge in [-0.3, -0.25) is 9.79 Å². The third kappa shape index (κ3) is 3.74. The fourth-order valence-electron chi connectivity index (χ4n) is 4.60. The molecule has 0 aliphatic carbocycles. The number of guanidine groups is 1. The number of hydrogen-bond acceptors (Lipinski definition) is 4. The Kier molecular flexibility index (Phi) is 5.20. The predicted molar refractivity (Wildman–Crippen MR) is 103 cm³/mol. The smallest absolute Gasteiger partial charge is 0.251 e. The summed E-state index contributed by atoms with van der Waals surface area (Å²) in [5.74, 6) is 2.22. The summed E-state index contributed by atoms with van der Waals surface area (Å²) in [6, 6.07) is 6.24. The summed E-state index contributed by atoms with van der Waals surface area (Å²) in [4.78, 5) is 19.2. The van der Waals surface area contributed by atoms with Crippen molar-refractivity contribution in [3.05, 3.63) is 29.8 Å². The van der Waals surface area contributed by atoms with Gasteiger partial charge in [0, 0.05) is 43.6 Å². The zero-order valence-electron chi connectivity index (χ0n) is 15.7. The van der Waals surface area contributed by atoms with Crippen molar-refractivity contribution < 1.29 is 14.6 Å². The van der Waals surface area contributed by atoms with Gasteiger partial charge in [0.2, 0.25) is 0 Å². The van der Waals surface area contributed by atoms with E-state index in [9.17, 15) is 9.90 Å². The Labute approximate surface area is 159 Å². The van der Waals surface area contributed by atoms with Gasteiger partial charge >= 0.3 is 0 Å². The van der Waals surface area contributed by atoms with Gasteiger partial charge in [0.25, 0.3) is 5.91 Å². The van der Waals surface area contributed by atoms with Crippen molar-refractivity contribution in [2.24, 2.45) is 16.8 Å². The summed E-state index contributed by atoms with van der Waals surface area (Å²) in [6.45, 7) is 5.93. The SMILES string of the molecule is CCNC(=NCCNC(=O)c1ccc(O)cc1)N1CC2C3CCC(O3)C2C1. The van der Waals surface area contributed by atoms with Crippen LogP contribution in [-0.4, -0.2) is 66.8 Å². The molecule has 4 rings (SSSR count). The molecule has 3 fully saturated rings. The number of benzene rings is 1. The lowest BCUT2D eigenvalue weighted by molar-refractivity contribution is 0.0767. The molecule has 0 saturated carbocycles. The van der Waals surface area contributed by atoms with Crippen molar-refractivity contribution in [3.8, 4) is 5.75 Å². The van der Waals surface area contributed by atoms with Gasteiger partial charge in [-0.15, -0.1) is 0 Å². The monoisotopic (exact) mass is 372 g/mol. The van der Waals surface area contributed by atoms with Gasteiger partial charge < -0.3 is 25.4 Å². The summed E-state index contributed by atoms with van der Waals surface area (Å²) in [5, 5.41) is 15.6. The maximum absolute atomic E-state index is 12.1. The molecule has 1 aromatic rings. The number of carbonyl (C=O) groups is 1. The van der Waals surface area contributed by atoms with E-state index in [1.54, 1.807) is 12.1 Å². The molecule has 0 spiro atoms.